The molecule has 0 N–H and O–H groups in total. The Morgan fingerprint density at radius 2 is 1.45 bits per heavy atom. The minimum absolute atomic E-state index is 0.0550. The summed E-state index contributed by atoms with van der Waals surface area (Å²) in [6.07, 6.45) is 11.5. The molecule has 5 rings (SSSR count). The average Bonchev–Trinajstić information content (AvgIpc) is 3.06. The van der Waals surface area contributed by atoms with Gasteiger partial charge >= 0.3 is 0 Å². The molecule has 2 aliphatic carbocycles. The van der Waals surface area contributed by atoms with Gasteiger partial charge in [0, 0.05) is 30.6 Å². The maximum absolute atomic E-state index is 14.1. The number of nitrogens with zero attached hydrogens (tertiary/aromatic N) is 1. The number of allylic oxidation sites excluding steroid dienone is 4. The summed E-state index contributed by atoms with van der Waals surface area (Å²) in [5, 5.41) is 0. The summed E-state index contributed by atoms with van der Waals surface area (Å²) < 4.78 is 14.1. The summed E-state index contributed by atoms with van der Waals surface area (Å²) >= 11 is 0. The first-order valence-electron chi connectivity index (χ1n) is 7.73. The van der Waals surface area contributed by atoms with Crippen molar-refractivity contribution in [2.45, 2.75) is 24.7 Å². The van der Waals surface area contributed by atoms with Gasteiger partial charge in [-0.25, -0.2) is 4.39 Å². The van der Waals surface area contributed by atoms with Gasteiger partial charge in [-0.3, -0.25) is 0 Å². The molecule has 0 amide bonds. The van der Waals surface area contributed by atoms with E-state index in [0.29, 0.717) is 23.7 Å². The highest BCUT2D eigenvalue weighted by Crippen LogP contribution is 2.52. The Labute approximate surface area is 118 Å². The van der Waals surface area contributed by atoms with Crippen LogP contribution >= 0.6 is 0 Å². The molecule has 0 saturated heterocycles. The molecule has 102 valence electrons. The van der Waals surface area contributed by atoms with E-state index in [9.17, 15) is 4.39 Å². The molecule has 0 fully saturated rings. The standard InChI is InChI=1S/C18H18FN/c19-13-7-16-14-5-1-3-11(14)9-20-10-12-4-2-6-15(12)17(8-13)18(16)20/h1-2,5-8,11-12,14-15H,3-4,9-10H2. The van der Waals surface area contributed by atoms with Crippen LogP contribution in [0.25, 0.3) is 0 Å². The third-order valence-corrected chi connectivity index (χ3v) is 5.66. The van der Waals surface area contributed by atoms with E-state index < -0.39 is 0 Å². The zero-order valence-electron chi connectivity index (χ0n) is 11.4. The van der Waals surface area contributed by atoms with Crippen molar-refractivity contribution in [3.63, 3.8) is 0 Å². The fraction of sp³-hybridized carbons (Fsp3) is 0.444. The van der Waals surface area contributed by atoms with Crippen LogP contribution in [-0.2, 0) is 0 Å². The third-order valence-electron chi connectivity index (χ3n) is 5.66. The topological polar surface area (TPSA) is 3.24 Å². The Hall–Kier alpha value is -1.57. The van der Waals surface area contributed by atoms with Gasteiger partial charge in [0.2, 0.25) is 0 Å². The maximum atomic E-state index is 14.1. The molecular formula is C18H18FN. The molecule has 1 aromatic carbocycles. The van der Waals surface area contributed by atoms with Crippen LogP contribution in [0.5, 0.6) is 0 Å². The van der Waals surface area contributed by atoms with Gasteiger partial charge in [-0.15, -0.1) is 0 Å². The first kappa shape index (κ1) is 11.1. The summed E-state index contributed by atoms with van der Waals surface area (Å²) in [5.41, 5.74) is 3.83. The lowest BCUT2D eigenvalue weighted by Gasteiger charge is -2.46. The van der Waals surface area contributed by atoms with Gasteiger partial charge < -0.3 is 4.90 Å². The maximum Gasteiger partial charge on any atom is 0.123 e. The van der Waals surface area contributed by atoms with E-state index in [2.05, 4.69) is 29.2 Å². The van der Waals surface area contributed by atoms with Crippen molar-refractivity contribution in [1.82, 2.24) is 0 Å². The number of halogens is 1. The van der Waals surface area contributed by atoms with Crippen LogP contribution in [-0.4, -0.2) is 13.1 Å². The van der Waals surface area contributed by atoms with E-state index >= 15 is 0 Å². The Kier molecular flexibility index (Phi) is 2.09. The van der Waals surface area contributed by atoms with Crippen molar-refractivity contribution in [3.8, 4) is 0 Å². The molecular weight excluding hydrogens is 249 g/mol. The van der Waals surface area contributed by atoms with Crippen molar-refractivity contribution in [1.29, 1.82) is 0 Å². The van der Waals surface area contributed by atoms with Gasteiger partial charge in [0.25, 0.3) is 0 Å². The highest BCUT2D eigenvalue weighted by molar-refractivity contribution is 5.68. The lowest BCUT2D eigenvalue weighted by Crippen LogP contribution is -2.43. The van der Waals surface area contributed by atoms with E-state index in [1.165, 1.54) is 16.8 Å². The van der Waals surface area contributed by atoms with Crippen molar-refractivity contribution in [2.24, 2.45) is 11.8 Å². The zero-order valence-corrected chi connectivity index (χ0v) is 11.4. The minimum Gasteiger partial charge on any atom is -0.370 e. The molecule has 20 heavy (non-hydrogen) atoms. The summed E-state index contributed by atoms with van der Waals surface area (Å²) in [6, 6.07) is 3.58. The van der Waals surface area contributed by atoms with Crippen LogP contribution in [0, 0.1) is 17.7 Å². The zero-order chi connectivity index (χ0) is 13.3. The third kappa shape index (κ3) is 1.32. The summed E-state index contributed by atoms with van der Waals surface area (Å²) in [4.78, 5) is 2.55. The van der Waals surface area contributed by atoms with Crippen LogP contribution in [0.15, 0.2) is 36.4 Å². The largest absolute Gasteiger partial charge is 0.370 e. The van der Waals surface area contributed by atoms with Crippen LogP contribution < -0.4 is 4.90 Å². The predicted octanol–water partition coefficient (Wildman–Crippen LogP) is 3.98. The molecule has 0 aromatic heterocycles. The van der Waals surface area contributed by atoms with Gasteiger partial charge in [0.15, 0.2) is 0 Å². The predicted molar refractivity (Wildman–Crippen MR) is 78.6 cm³/mol. The van der Waals surface area contributed by atoms with Gasteiger partial charge in [0.05, 0.1) is 0 Å². The summed E-state index contributed by atoms with van der Waals surface area (Å²) in [5.74, 6) is 2.14. The van der Waals surface area contributed by atoms with Gasteiger partial charge in [-0.05, 0) is 47.9 Å². The molecule has 2 heteroatoms. The molecule has 0 saturated carbocycles. The molecule has 4 aliphatic rings. The number of anilines is 1. The minimum atomic E-state index is -0.0550. The average molecular weight is 267 g/mol. The normalized spacial score (nSPS) is 36.0. The molecule has 0 radical (unpaired) electrons. The van der Waals surface area contributed by atoms with Crippen molar-refractivity contribution < 1.29 is 4.39 Å². The van der Waals surface area contributed by atoms with Crippen molar-refractivity contribution in [3.05, 3.63) is 53.4 Å². The Balaban J connectivity index is 1.76. The first-order valence-corrected chi connectivity index (χ1v) is 7.73. The molecule has 4 atom stereocenters. The van der Waals surface area contributed by atoms with Crippen LogP contribution in [0.1, 0.15) is 35.8 Å². The second-order valence-corrected chi connectivity index (χ2v) is 6.74. The lowest BCUT2D eigenvalue weighted by atomic mass is 9.75. The van der Waals surface area contributed by atoms with Gasteiger partial charge in [0.1, 0.15) is 5.82 Å². The number of hydrogen-bond acceptors (Lipinski definition) is 1. The fourth-order valence-electron chi connectivity index (χ4n) is 4.84. The van der Waals surface area contributed by atoms with Crippen LogP contribution in [0.2, 0.25) is 0 Å². The second kappa shape index (κ2) is 3.75. The number of fused-ring (bicyclic) bond motifs is 4. The smallest absolute Gasteiger partial charge is 0.123 e. The Morgan fingerprint density at radius 3 is 2.00 bits per heavy atom. The van der Waals surface area contributed by atoms with E-state index in [0.717, 1.165) is 25.9 Å². The van der Waals surface area contributed by atoms with Crippen LogP contribution in [0.3, 0.4) is 0 Å². The first-order chi connectivity index (χ1) is 9.81. The van der Waals surface area contributed by atoms with Crippen molar-refractivity contribution >= 4 is 5.69 Å². The quantitative estimate of drug-likeness (QED) is 0.643. The van der Waals surface area contributed by atoms with E-state index in [4.69, 9.17) is 0 Å². The number of benzene rings is 1. The summed E-state index contributed by atoms with van der Waals surface area (Å²) in [6.45, 7) is 2.29. The van der Waals surface area contributed by atoms with Gasteiger partial charge in [-0.2, -0.15) is 0 Å². The molecule has 4 unspecified atom stereocenters. The molecule has 1 nitrogen and oxygen atoms in total. The lowest BCUT2D eigenvalue weighted by molar-refractivity contribution is 0.408. The van der Waals surface area contributed by atoms with Gasteiger partial charge in [-0.1, -0.05) is 24.3 Å². The van der Waals surface area contributed by atoms with E-state index in [1.807, 2.05) is 0 Å². The number of rotatable bonds is 0. The molecule has 2 heterocycles. The Bertz CT molecular complexity index is 594. The Morgan fingerprint density at radius 1 is 0.900 bits per heavy atom. The molecule has 0 spiro atoms. The molecule has 1 aromatic rings. The monoisotopic (exact) mass is 267 g/mol. The number of hydrogen-bond donors (Lipinski definition) is 0. The van der Waals surface area contributed by atoms with E-state index in [1.54, 1.807) is 12.1 Å². The highest BCUT2D eigenvalue weighted by Gasteiger charge is 2.42. The summed E-state index contributed by atoms with van der Waals surface area (Å²) in [7, 11) is 0. The van der Waals surface area contributed by atoms with E-state index in [-0.39, 0.29) is 5.82 Å². The highest BCUT2D eigenvalue weighted by atomic mass is 19.1. The second-order valence-electron chi connectivity index (χ2n) is 6.74. The fourth-order valence-corrected chi connectivity index (χ4v) is 4.84. The van der Waals surface area contributed by atoms with Crippen LogP contribution in [0.4, 0.5) is 10.1 Å². The van der Waals surface area contributed by atoms with Crippen molar-refractivity contribution in [2.75, 3.05) is 18.0 Å². The molecule has 2 aliphatic heterocycles. The SMILES string of the molecule is Fc1cc2c3c(c1)C1C=CCC1CN3CC1CC=CC21. The molecule has 0 bridgehead atoms.